The maximum atomic E-state index is 6.08. The summed E-state index contributed by atoms with van der Waals surface area (Å²) in [4.78, 5) is 2.50. The molecule has 0 amide bonds. The summed E-state index contributed by atoms with van der Waals surface area (Å²) in [6, 6.07) is 8.46. The van der Waals surface area contributed by atoms with Crippen molar-refractivity contribution in [2.45, 2.75) is 39.0 Å². The first-order valence-electron chi connectivity index (χ1n) is 8.78. The molecule has 1 aliphatic rings. The highest BCUT2D eigenvalue weighted by molar-refractivity contribution is 6.30. The number of hydrogen-bond donors (Lipinski definition) is 2. The first kappa shape index (κ1) is 18.4. The second kappa shape index (κ2) is 7.87. The molecule has 2 aromatic rings. The van der Waals surface area contributed by atoms with Gasteiger partial charge in [0.1, 0.15) is 0 Å². The minimum absolute atomic E-state index is 0.122. The summed E-state index contributed by atoms with van der Waals surface area (Å²) in [6.45, 7) is 10.6. The third-order valence-electron chi connectivity index (χ3n) is 4.72. The molecule has 1 aromatic carbocycles. The highest BCUT2D eigenvalue weighted by Gasteiger charge is 2.31. The summed E-state index contributed by atoms with van der Waals surface area (Å²) in [5, 5.41) is 11.5. The number of aryl methyl sites for hydroxylation is 1. The van der Waals surface area contributed by atoms with Gasteiger partial charge in [0.15, 0.2) is 0 Å². The second-order valence-electron chi connectivity index (χ2n) is 7.31. The number of H-pyrrole nitrogens is 1. The van der Waals surface area contributed by atoms with Gasteiger partial charge >= 0.3 is 0 Å². The summed E-state index contributed by atoms with van der Waals surface area (Å²) in [6.07, 6.45) is 1.86. The van der Waals surface area contributed by atoms with Crippen LogP contribution in [-0.2, 0) is 11.3 Å². The number of benzene rings is 1. The second-order valence-corrected chi connectivity index (χ2v) is 7.74. The van der Waals surface area contributed by atoms with Gasteiger partial charge in [-0.1, -0.05) is 23.7 Å². The van der Waals surface area contributed by atoms with Crippen LogP contribution in [0, 0.1) is 6.92 Å². The van der Waals surface area contributed by atoms with Crippen molar-refractivity contribution in [2.75, 3.05) is 26.2 Å². The normalized spacial score (nSPS) is 19.0. The molecule has 0 saturated carbocycles. The van der Waals surface area contributed by atoms with E-state index in [0.29, 0.717) is 0 Å². The number of halogens is 1. The smallest absolute Gasteiger partial charge is 0.0753 e. The Morgan fingerprint density at radius 1 is 1.36 bits per heavy atom. The van der Waals surface area contributed by atoms with Crippen molar-refractivity contribution in [3.05, 3.63) is 52.3 Å². The number of rotatable bonds is 6. The number of nitrogens with zero attached hydrogens (tertiary/aromatic N) is 2. The van der Waals surface area contributed by atoms with Gasteiger partial charge in [-0.3, -0.25) is 10.00 Å². The van der Waals surface area contributed by atoms with Crippen molar-refractivity contribution in [1.82, 2.24) is 20.4 Å². The van der Waals surface area contributed by atoms with E-state index in [1.54, 1.807) is 0 Å². The average Bonchev–Trinajstić information content (AvgIpc) is 2.97. The molecule has 0 bridgehead atoms. The fourth-order valence-corrected chi connectivity index (χ4v) is 3.47. The largest absolute Gasteiger partial charge is 0.373 e. The zero-order chi connectivity index (χ0) is 17.9. The van der Waals surface area contributed by atoms with Gasteiger partial charge in [0.2, 0.25) is 0 Å². The lowest BCUT2D eigenvalue weighted by Crippen LogP contribution is -2.51. The van der Waals surface area contributed by atoms with Gasteiger partial charge in [-0.25, -0.2) is 0 Å². The predicted octanol–water partition coefficient (Wildman–Crippen LogP) is 3.31. The highest BCUT2D eigenvalue weighted by atomic mass is 35.5. The molecule has 0 radical (unpaired) electrons. The zero-order valence-corrected chi connectivity index (χ0v) is 15.9. The van der Waals surface area contributed by atoms with Gasteiger partial charge in [-0.2, -0.15) is 5.10 Å². The summed E-state index contributed by atoms with van der Waals surface area (Å²) in [5.41, 5.74) is 3.47. The van der Waals surface area contributed by atoms with Crippen molar-refractivity contribution < 1.29 is 4.74 Å². The van der Waals surface area contributed by atoms with Crippen molar-refractivity contribution in [1.29, 1.82) is 0 Å². The Labute approximate surface area is 154 Å². The number of aromatic amines is 1. The van der Waals surface area contributed by atoms with Crippen LogP contribution in [0.2, 0.25) is 5.02 Å². The van der Waals surface area contributed by atoms with Crippen LogP contribution in [0.4, 0.5) is 0 Å². The molecule has 1 atom stereocenters. The Bertz CT molecular complexity index is 683. The molecule has 1 fully saturated rings. The molecule has 1 saturated heterocycles. The number of morpholine rings is 1. The number of nitrogens with one attached hydrogen (secondary N) is 2. The molecule has 1 aliphatic heterocycles. The van der Waals surface area contributed by atoms with E-state index in [1.165, 1.54) is 11.1 Å². The predicted molar refractivity (Wildman–Crippen MR) is 101 cm³/mol. The third kappa shape index (κ3) is 4.82. The molecular formula is C19H27ClN4O. The Balaban J connectivity index is 1.72. The van der Waals surface area contributed by atoms with Crippen molar-refractivity contribution in [3.63, 3.8) is 0 Å². The van der Waals surface area contributed by atoms with Crippen LogP contribution in [0.3, 0.4) is 0 Å². The highest BCUT2D eigenvalue weighted by Crippen LogP contribution is 2.27. The molecule has 3 rings (SSSR count). The van der Waals surface area contributed by atoms with E-state index in [4.69, 9.17) is 16.3 Å². The van der Waals surface area contributed by atoms with Crippen molar-refractivity contribution in [3.8, 4) is 0 Å². The lowest BCUT2D eigenvalue weighted by molar-refractivity contribution is -0.0974. The number of aromatic nitrogens is 2. The van der Waals surface area contributed by atoms with E-state index in [1.807, 2.05) is 18.3 Å². The zero-order valence-electron chi connectivity index (χ0n) is 15.2. The lowest BCUT2D eigenvalue weighted by Gasteiger charge is -2.42. The molecule has 0 spiro atoms. The van der Waals surface area contributed by atoms with Gasteiger partial charge in [-0.05, 0) is 44.0 Å². The van der Waals surface area contributed by atoms with Crippen LogP contribution in [0.5, 0.6) is 0 Å². The quantitative estimate of drug-likeness (QED) is 0.827. The van der Waals surface area contributed by atoms with Gasteiger partial charge in [0, 0.05) is 37.2 Å². The molecule has 2 heterocycles. The van der Waals surface area contributed by atoms with E-state index in [2.05, 4.69) is 53.3 Å². The standard InChI is InChI=1S/C19H27ClN4O/c1-14-10-22-23-17(14)11-21-12-18(15-4-6-16(20)7-5-15)24-8-9-25-19(2,3)13-24/h4-7,10,18,21H,8-9,11-13H2,1-3H3,(H,22,23). The Morgan fingerprint density at radius 3 is 2.76 bits per heavy atom. The number of ether oxygens (including phenoxy) is 1. The molecule has 5 nitrogen and oxygen atoms in total. The van der Waals surface area contributed by atoms with Gasteiger partial charge < -0.3 is 10.1 Å². The van der Waals surface area contributed by atoms with Crippen molar-refractivity contribution >= 4 is 11.6 Å². The van der Waals surface area contributed by atoms with Gasteiger partial charge in [-0.15, -0.1) is 0 Å². The molecule has 1 unspecified atom stereocenters. The van der Waals surface area contributed by atoms with E-state index in [-0.39, 0.29) is 11.6 Å². The molecular weight excluding hydrogens is 336 g/mol. The van der Waals surface area contributed by atoms with Crippen LogP contribution < -0.4 is 5.32 Å². The maximum absolute atomic E-state index is 6.08. The molecule has 25 heavy (non-hydrogen) atoms. The fraction of sp³-hybridized carbons (Fsp3) is 0.526. The first-order valence-corrected chi connectivity index (χ1v) is 9.15. The van der Waals surface area contributed by atoms with E-state index >= 15 is 0 Å². The van der Waals surface area contributed by atoms with Gasteiger partial charge in [0.05, 0.1) is 24.1 Å². The summed E-state index contributed by atoms with van der Waals surface area (Å²) in [7, 11) is 0. The van der Waals surface area contributed by atoms with Crippen LogP contribution in [-0.4, -0.2) is 46.9 Å². The van der Waals surface area contributed by atoms with Crippen molar-refractivity contribution in [2.24, 2.45) is 0 Å². The third-order valence-corrected chi connectivity index (χ3v) is 4.98. The van der Waals surface area contributed by atoms with E-state index in [9.17, 15) is 0 Å². The Morgan fingerprint density at radius 2 is 2.12 bits per heavy atom. The van der Waals surface area contributed by atoms with E-state index < -0.39 is 0 Å². The Kier molecular flexibility index (Phi) is 5.79. The van der Waals surface area contributed by atoms with Crippen LogP contribution in [0.15, 0.2) is 30.5 Å². The lowest BCUT2D eigenvalue weighted by atomic mass is 10.0. The van der Waals surface area contributed by atoms with Crippen LogP contribution in [0.1, 0.15) is 36.7 Å². The van der Waals surface area contributed by atoms with Crippen LogP contribution >= 0.6 is 11.6 Å². The molecule has 6 heteroatoms. The number of hydrogen-bond acceptors (Lipinski definition) is 4. The minimum atomic E-state index is -0.122. The topological polar surface area (TPSA) is 53.2 Å². The van der Waals surface area contributed by atoms with Crippen LogP contribution in [0.25, 0.3) is 0 Å². The fourth-order valence-electron chi connectivity index (χ4n) is 3.35. The Hall–Kier alpha value is -1.40. The summed E-state index contributed by atoms with van der Waals surface area (Å²) < 4.78 is 5.88. The summed E-state index contributed by atoms with van der Waals surface area (Å²) >= 11 is 6.08. The summed E-state index contributed by atoms with van der Waals surface area (Å²) in [5.74, 6) is 0. The SMILES string of the molecule is Cc1cn[nH]c1CNCC(c1ccc(Cl)cc1)N1CCOC(C)(C)C1. The molecule has 0 aliphatic carbocycles. The van der Waals surface area contributed by atoms with E-state index in [0.717, 1.165) is 43.5 Å². The molecule has 1 aromatic heterocycles. The molecule has 136 valence electrons. The first-order chi connectivity index (χ1) is 11.9. The van der Waals surface area contributed by atoms with Gasteiger partial charge in [0.25, 0.3) is 0 Å². The maximum Gasteiger partial charge on any atom is 0.0753 e. The average molecular weight is 363 g/mol. The molecule has 2 N–H and O–H groups in total. The minimum Gasteiger partial charge on any atom is -0.373 e. The monoisotopic (exact) mass is 362 g/mol.